The molecule has 0 saturated heterocycles. The first-order valence-electron chi connectivity index (χ1n) is 5.64. The van der Waals surface area contributed by atoms with Crippen LogP contribution in [0.2, 0.25) is 0 Å². The smallest absolute Gasteiger partial charge is 0.329 e. The number of carbonyl (C=O) groups excluding carboxylic acids is 1. The number of nitrogens with zero attached hydrogens (tertiary/aromatic N) is 1. The molecular formula is C12H22N2O3. The van der Waals surface area contributed by atoms with Crippen LogP contribution in [-0.2, 0) is 4.79 Å². The van der Waals surface area contributed by atoms with Gasteiger partial charge in [-0.2, -0.15) is 0 Å². The maximum atomic E-state index is 11.8. The summed E-state index contributed by atoms with van der Waals surface area (Å²) in [5.41, 5.74) is -0.370. The van der Waals surface area contributed by atoms with Gasteiger partial charge < -0.3 is 15.3 Å². The lowest BCUT2D eigenvalue weighted by Gasteiger charge is -2.28. The van der Waals surface area contributed by atoms with E-state index in [1.165, 1.54) is 11.8 Å². The molecule has 2 N–H and O–H groups in total. The van der Waals surface area contributed by atoms with Crippen LogP contribution in [0, 0.1) is 0 Å². The summed E-state index contributed by atoms with van der Waals surface area (Å²) in [7, 11) is 1.61. The van der Waals surface area contributed by atoms with Crippen LogP contribution < -0.4 is 5.32 Å². The molecule has 17 heavy (non-hydrogen) atoms. The number of likely N-dealkylation sites (N-methyl/N-ethyl adjacent to an activating group) is 1. The van der Waals surface area contributed by atoms with E-state index in [9.17, 15) is 9.59 Å². The summed E-state index contributed by atoms with van der Waals surface area (Å²) in [6, 6.07) is -0.397. The van der Waals surface area contributed by atoms with E-state index >= 15 is 0 Å². The highest BCUT2D eigenvalue weighted by molar-refractivity contribution is 5.85. The first-order chi connectivity index (χ1) is 7.73. The Hall–Kier alpha value is -1.52. The van der Waals surface area contributed by atoms with Crippen LogP contribution in [0.15, 0.2) is 12.2 Å². The summed E-state index contributed by atoms with van der Waals surface area (Å²) in [5.74, 6) is -1.02. The van der Waals surface area contributed by atoms with Crippen molar-refractivity contribution in [2.24, 2.45) is 0 Å². The molecule has 1 atom stereocenters. The van der Waals surface area contributed by atoms with E-state index < -0.39 is 17.5 Å². The first kappa shape index (κ1) is 15.5. The van der Waals surface area contributed by atoms with E-state index in [1.54, 1.807) is 7.05 Å². The lowest BCUT2D eigenvalue weighted by molar-refractivity contribution is -0.144. The third-order valence-electron chi connectivity index (χ3n) is 2.46. The minimum atomic E-state index is -1.21. The lowest BCUT2D eigenvalue weighted by Crippen LogP contribution is -2.55. The molecule has 0 aromatic heterocycles. The fraction of sp³-hybridized carbons (Fsp3) is 0.667. The van der Waals surface area contributed by atoms with Crippen molar-refractivity contribution in [3.05, 3.63) is 12.2 Å². The van der Waals surface area contributed by atoms with Crippen molar-refractivity contribution in [2.75, 3.05) is 13.6 Å². The van der Waals surface area contributed by atoms with Crippen molar-refractivity contribution >= 4 is 12.0 Å². The summed E-state index contributed by atoms with van der Waals surface area (Å²) in [4.78, 5) is 24.3. The standard InChI is InChI=1S/C12H22N2O3/c1-6-7-12(4,10(15)16)13-11(17)14(5)8-9(2)3/h2,6-8H2,1,3-5H3,(H,13,17)(H,15,16). The van der Waals surface area contributed by atoms with Gasteiger partial charge in [-0.05, 0) is 20.3 Å². The Bertz CT molecular complexity index is 315. The van der Waals surface area contributed by atoms with Crippen molar-refractivity contribution in [3.63, 3.8) is 0 Å². The summed E-state index contributed by atoms with van der Waals surface area (Å²) in [6.45, 7) is 9.33. The Morgan fingerprint density at radius 3 is 2.35 bits per heavy atom. The molecule has 2 amide bonds. The Kier molecular flexibility index (Phi) is 5.71. The Labute approximate surface area is 102 Å². The molecule has 0 aliphatic rings. The Morgan fingerprint density at radius 2 is 2.00 bits per heavy atom. The van der Waals surface area contributed by atoms with Crippen LogP contribution in [0.1, 0.15) is 33.6 Å². The molecule has 5 heteroatoms. The molecule has 0 aliphatic heterocycles. The predicted octanol–water partition coefficient (Wildman–Crippen LogP) is 1.85. The number of carboxylic acid groups (broad SMARTS) is 1. The molecular weight excluding hydrogens is 220 g/mol. The van der Waals surface area contributed by atoms with Gasteiger partial charge in [0.05, 0.1) is 0 Å². The monoisotopic (exact) mass is 242 g/mol. The molecule has 0 radical (unpaired) electrons. The molecule has 0 spiro atoms. The maximum absolute atomic E-state index is 11.8. The first-order valence-corrected chi connectivity index (χ1v) is 5.64. The van der Waals surface area contributed by atoms with Gasteiger partial charge in [-0.15, -0.1) is 0 Å². The highest BCUT2D eigenvalue weighted by Gasteiger charge is 2.34. The Morgan fingerprint density at radius 1 is 1.47 bits per heavy atom. The Balaban J connectivity index is 4.61. The third-order valence-corrected chi connectivity index (χ3v) is 2.46. The maximum Gasteiger partial charge on any atom is 0.329 e. The van der Waals surface area contributed by atoms with Crippen molar-refractivity contribution in [1.29, 1.82) is 0 Å². The minimum Gasteiger partial charge on any atom is -0.480 e. The van der Waals surface area contributed by atoms with Crippen LogP contribution in [0.5, 0.6) is 0 Å². The van der Waals surface area contributed by atoms with E-state index in [1.807, 2.05) is 13.8 Å². The van der Waals surface area contributed by atoms with Crippen molar-refractivity contribution < 1.29 is 14.7 Å². The molecule has 98 valence electrons. The van der Waals surface area contributed by atoms with E-state index in [-0.39, 0.29) is 0 Å². The molecule has 0 heterocycles. The van der Waals surface area contributed by atoms with Gasteiger partial charge in [0.1, 0.15) is 5.54 Å². The van der Waals surface area contributed by atoms with Crippen LogP contribution in [0.3, 0.4) is 0 Å². The molecule has 0 aliphatic carbocycles. The topological polar surface area (TPSA) is 69.6 Å². The zero-order valence-electron chi connectivity index (χ0n) is 11.0. The number of amides is 2. The molecule has 0 rings (SSSR count). The third kappa shape index (κ3) is 4.89. The van der Waals surface area contributed by atoms with Gasteiger partial charge in [0.2, 0.25) is 0 Å². The second kappa shape index (κ2) is 6.27. The molecule has 0 bridgehead atoms. The summed E-state index contributed by atoms with van der Waals surface area (Å²) in [5, 5.41) is 11.7. The lowest BCUT2D eigenvalue weighted by atomic mass is 9.96. The average Bonchev–Trinajstić information content (AvgIpc) is 2.16. The number of carboxylic acids is 1. The van der Waals surface area contributed by atoms with Gasteiger partial charge in [0.15, 0.2) is 0 Å². The molecule has 0 saturated carbocycles. The minimum absolute atomic E-state index is 0.397. The van der Waals surface area contributed by atoms with E-state index in [0.29, 0.717) is 19.4 Å². The summed E-state index contributed by atoms with van der Waals surface area (Å²) >= 11 is 0. The number of aliphatic carboxylic acids is 1. The van der Waals surface area contributed by atoms with Crippen LogP contribution in [-0.4, -0.2) is 41.1 Å². The zero-order chi connectivity index (χ0) is 13.6. The van der Waals surface area contributed by atoms with Gasteiger partial charge >= 0.3 is 12.0 Å². The zero-order valence-corrected chi connectivity index (χ0v) is 11.0. The fourth-order valence-corrected chi connectivity index (χ4v) is 1.53. The number of nitrogens with one attached hydrogen (secondary N) is 1. The molecule has 5 nitrogen and oxygen atoms in total. The number of hydrogen-bond acceptors (Lipinski definition) is 2. The van der Waals surface area contributed by atoms with Crippen molar-refractivity contribution in [3.8, 4) is 0 Å². The quantitative estimate of drug-likeness (QED) is 0.698. The van der Waals surface area contributed by atoms with Gasteiger partial charge in [-0.1, -0.05) is 25.5 Å². The normalized spacial score (nSPS) is 13.6. The SMILES string of the molecule is C=C(C)CN(C)C(=O)NC(C)(CCC)C(=O)O. The van der Waals surface area contributed by atoms with Crippen molar-refractivity contribution in [1.82, 2.24) is 10.2 Å². The highest BCUT2D eigenvalue weighted by Crippen LogP contribution is 2.13. The number of urea groups is 1. The summed E-state index contributed by atoms with van der Waals surface area (Å²) < 4.78 is 0. The second-order valence-corrected chi connectivity index (χ2v) is 4.63. The van der Waals surface area contributed by atoms with Crippen LogP contribution in [0.25, 0.3) is 0 Å². The van der Waals surface area contributed by atoms with Gasteiger partial charge in [-0.3, -0.25) is 0 Å². The summed E-state index contributed by atoms with van der Waals surface area (Å²) in [6.07, 6.45) is 1.09. The predicted molar refractivity (Wildman–Crippen MR) is 66.9 cm³/mol. The number of rotatable bonds is 6. The van der Waals surface area contributed by atoms with Gasteiger partial charge in [0.25, 0.3) is 0 Å². The van der Waals surface area contributed by atoms with Crippen LogP contribution in [0.4, 0.5) is 4.79 Å². The second-order valence-electron chi connectivity index (χ2n) is 4.63. The molecule has 0 fully saturated rings. The van der Waals surface area contributed by atoms with E-state index in [4.69, 9.17) is 5.11 Å². The number of carbonyl (C=O) groups is 2. The van der Waals surface area contributed by atoms with Gasteiger partial charge in [0, 0.05) is 13.6 Å². The van der Waals surface area contributed by atoms with E-state index in [0.717, 1.165) is 5.57 Å². The molecule has 1 unspecified atom stereocenters. The average molecular weight is 242 g/mol. The van der Waals surface area contributed by atoms with Crippen LogP contribution >= 0.6 is 0 Å². The fourth-order valence-electron chi connectivity index (χ4n) is 1.53. The largest absolute Gasteiger partial charge is 0.480 e. The van der Waals surface area contributed by atoms with E-state index in [2.05, 4.69) is 11.9 Å². The highest BCUT2D eigenvalue weighted by atomic mass is 16.4. The molecule has 0 aromatic rings. The molecule has 0 aromatic carbocycles. The van der Waals surface area contributed by atoms with Gasteiger partial charge in [-0.25, -0.2) is 9.59 Å². The number of hydrogen-bond donors (Lipinski definition) is 2. The van der Waals surface area contributed by atoms with Crippen molar-refractivity contribution in [2.45, 2.75) is 39.2 Å².